The van der Waals surface area contributed by atoms with Crippen molar-refractivity contribution >= 4 is 6.29 Å². The SMILES string of the molecule is C[C@H]1CCN([C@@H](C)COc2ccc(C=O)cc2)C1. The molecule has 0 unspecified atom stereocenters. The van der Waals surface area contributed by atoms with Gasteiger partial charge in [-0.15, -0.1) is 0 Å². The zero-order valence-corrected chi connectivity index (χ0v) is 11.1. The molecule has 1 aromatic rings. The minimum atomic E-state index is 0.445. The molecule has 2 atom stereocenters. The average molecular weight is 247 g/mol. The quantitative estimate of drug-likeness (QED) is 0.749. The molecule has 0 bridgehead atoms. The van der Waals surface area contributed by atoms with Gasteiger partial charge >= 0.3 is 0 Å². The first kappa shape index (κ1) is 13.1. The fourth-order valence-electron chi connectivity index (χ4n) is 2.33. The van der Waals surface area contributed by atoms with Crippen LogP contribution in [0.2, 0.25) is 0 Å². The third kappa shape index (κ3) is 3.33. The number of aldehydes is 1. The maximum Gasteiger partial charge on any atom is 0.150 e. The van der Waals surface area contributed by atoms with Crippen molar-refractivity contribution in [3.63, 3.8) is 0 Å². The zero-order valence-electron chi connectivity index (χ0n) is 11.1. The van der Waals surface area contributed by atoms with E-state index >= 15 is 0 Å². The van der Waals surface area contributed by atoms with Gasteiger partial charge in [-0.25, -0.2) is 0 Å². The first-order valence-corrected chi connectivity index (χ1v) is 6.61. The Bertz CT molecular complexity index is 388. The van der Waals surface area contributed by atoms with Crippen LogP contribution in [0, 0.1) is 5.92 Å². The van der Waals surface area contributed by atoms with E-state index in [1.54, 1.807) is 12.1 Å². The summed E-state index contributed by atoms with van der Waals surface area (Å²) in [6.07, 6.45) is 2.14. The Labute approximate surface area is 109 Å². The van der Waals surface area contributed by atoms with Gasteiger partial charge in [0.05, 0.1) is 0 Å². The van der Waals surface area contributed by atoms with Crippen LogP contribution in [0.3, 0.4) is 0 Å². The molecular weight excluding hydrogens is 226 g/mol. The average Bonchev–Trinajstić information content (AvgIpc) is 2.83. The van der Waals surface area contributed by atoms with Crippen molar-refractivity contribution < 1.29 is 9.53 Å². The number of benzene rings is 1. The molecule has 18 heavy (non-hydrogen) atoms. The Kier molecular flexibility index (Phi) is 4.37. The van der Waals surface area contributed by atoms with Gasteiger partial charge in [-0.2, -0.15) is 0 Å². The summed E-state index contributed by atoms with van der Waals surface area (Å²) in [5, 5.41) is 0. The molecule has 0 aromatic heterocycles. The number of nitrogens with zero attached hydrogens (tertiary/aromatic N) is 1. The summed E-state index contributed by atoms with van der Waals surface area (Å²) in [7, 11) is 0. The second-order valence-electron chi connectivity index (χ2n) is 5.24. The van der Waals surface area contributed by atoms with E-state index in [9.17, 15) is 4.79 Å². The number of carbonyl (C=O) groups is 1. The van der Waals surface area contributed by atoms with Crippen LogP contribution >= 0.6 is 0 Å². The molecule has 0 spiro atoms. The van der Waals surface area contributed by atoms with Crippen LogP contribution < -0.4 is 4.74 Å². The summed E-state index contributed by atoms with van der Waals surface area (Å²) >= 11 is 0. The second-order valence-corrected chi connectivity index (χ2v) is 5.24. The Morgan fingerprint density at radius 2 is 2.17 bits per heavy atom. The highest BCUT2D eigenvalue weighted by Gasteiger charge is 2.23. The third-order valence-corrected chi connectivity index (χ3v) is 3.59. The number of hydrogen-bond acceptors (Lipinski definition) is 3. The van der Waals surface area contributed by atoms with Crippen molar-refractivity contribution in [3.8, 4) is 5.75 Å². The monoisotopic (exact) mass is 247 g/mol. The molecule has 0 aliphatic carbocycles. The molecule has 1 saturated heterocycles. The van der Waals surface area contributed by atoms with Crippen LogP contribution in [0.25, 0.3) is 0 Å². The van der Waals surface area contributed by atoms with Crippen LogP contribution in [0.5, 0.6) is 5.75 Å². The van der Waals surface area contributed by atoms with Gasteiger partial charge in [-0.1, -0.05) is 6.92 Å². The van der Waals surface area contributed by atoms with Crippen LogP contribution in [0.4, 0.5) is 0 Å². The third-order valence-electron chi connectivity index (χ3n) is 3.59. The number of rotatable bonds is 5. The summed E-state index contributed by atoms with van der Waals surface area (Å²) in [6, 6.07) is 7.71. The number of hydrogen-bond donors (Lipinski definition) is 0. The predicted octanol–water partition coefficient (Wildman–Crippen LogP) is 2.61. The molecule has 98 valence electrons. The summed E-state index contributed by atoms with van der Waals surface area (Å²) in [6.45, 7) is 7.56. The van der Waals surface area contributed by atoms with Crippen molar-refractivity contribution in [2.24, 2.45) is 5.92 Å². The number of likely N-dealkylation sites (tertiary alicyclic amines) is 1. The van der Waals surface area contributed by atoms with Crippen molar-refractivity contribution in [1.29, 1.82) is 0 Å². The Morgan fingerprint density at radius 3 is 2.72 bits per heavy atom. The molecule has 3 nitrogen and oxygen atoms in total. The maximum atomic E-state index is 10.5. The molecular formula is C15H21NO2. The summed E-state index contributed by atoms with van der Waals surface area (Å²) in [5.41, 5.74) is 0.684. The largest absolute Gasteiger partial charge is 0.492 e. The molecule has 0 saturated carbocycles. The summed E-state index contributed by atoms with van der Waals surface area (Å²) in [5.74, 6) is 1.64. The van der Waals surface area contributed by atoms with Gasteiger partial charge in [-0.05, 0) is 50.1 Å². The molecule has 0 amide bonds. The van der Waals surface area contributed by atoms with Crippen LogP contribution in [-0.2, 0) is 0 Å². The highest BCUT2D eigenvalue weighted by molar-refractivity contribution is 5.74. The molecule has 1 aromatic carbocycles. The topological polar surface area (TPSA) is 29.5 Å². The van der Waals surface area contributed by atoms with E-state index in [0.29, 0.717) is 18.2 Å². The van der Waals surface area contributed by atoms with Crippen molar-refractivity contribution in [3.05, 3.63) is 29.8 Å². The molecule has 3 heteroatoms. The molecule has 0 radical (unpaired) electrons. The lowest BCUT2D eigenvalue weighted by Crippen LogP contribution is -2.35. The van der Waals surface area contributed by atoms with Gasteiger partial charge < -0.3 is 4.74 Å². The molecule has 1 aliphatic rings. The van der Waals surface area contributed by atoms with Crippen LogP contribution in [0.1, 0.15) is 30.6 Å². The smallest absolute Gasteiger partial charge is 0.150 e. The normalized spacial score (nSPS) is 21.8. The standard InChI is InChI=1S/C15H21NO2/c1-12-7-8-16(9-12)13(2)11-18-15-5-3-14(10-17)4-6-15/h3-6,10,12-13H,7-9,11H2,1-2H3/t12-,13-/m0/s1. The van der Waals surface area contributed by atoms with E-state index in [-0.39, 0.29) is 0 Å². The van der Waals surface area contributed by atoms with E-state index in [0.717, 1.165) is 18.0 Å². The maximum absolute atomic E-state index is 10.5. The minimum absolute atomic E-state index is 0.445. The summed E-state index contributed by atoms with van der Waals surface area (Å²) < 4.78 is 5.76. The van der Waals surface area contributed by atoms with E-state index < -0.39 is 0 Å². The first-order valence-electron chi connectivity index (χ1n) is 6.61. The Balaban J connectivity index is 1.81. The van der Waals surface area contributed by atoms with Crippen molar-refractivity contribution in [1.82, 2.24) is 4.90 Å². The fourth-order valence-corrected chi connectivity index (χ4v) is 2.33. The van der Waals surface area contributed by atoms with E-state index in [2.05, 4.69) is 18.7 Å². The lowest BCUT2D eigenvalue weighted by molar-refractivity contribution is 0.112. The first-order chi connectivity index (χ1) is 8.69. The van der Waals surface area contributed by atoms with Crippen molar-refractivity contribution in [2.45, 2.75) is 26.3 Å². The molecule has 2 rings (SSSR count). The Morgan fingerprint density at radius 1 is 1.44 bits per heavy atom. The summed E-state index contributed by atoms with van der Waals surface area (Å²) in [4.78, 5) is 13.0. The zero-order chi connectivity index (χ0) is 13.0. The number of carbonyl (C=O) groups excluding carboxylic acids is 1. The highest BCUT2D eigenvalue weighted by Crippen LogP contribution is 2.18. The lowest BCUT2D eigenvalue weighted by atomic mass is 10.2. The molecule has 0 N–H and O–H groups in total. The fraction of sp³-hybridized carbons (Fsp3) is 0.533. The van der Waals surface area contributed by atoms with E-state index in [1.807, 2.05) is 12.1 Å². The van der Waals surface area contributed by atoms with E-state index in [1.165, 1.54) is 19.5 Å². The second kappa shape index (κ2) is 6.01. The highest BCUT2D eigenvalue weighted by atomic mass is 16.5. The molecule has 1 fully saturated rings. The lowest BCUT2D eigenvalue weighted by Gasteiger charge is -2.24. The van der Waals surface area contributed by atoms with Gasteiger partial charge in [0.15, 0.2) is 0 Å². The van der Waals surface area contributed by atoms with Gasteiger partial charge in [0, 0.05) is 18.2 Å². The van der Waals surface area contributed by atoms with Gasteiger partial charge in [0.2, 0.25) is 0 Å². The van der Waals surface area contributed by atoms with Crippen LogP contribution in [-0.4, -0.2) is 36.9 Å². The Hall–Kier alpha value is -1.35. The molecule has 1 aliphatic heterocycles. The van der Waals surface area contributed by atoms with E-state index in [4.69, 9.17) is 4.74 Å². The van der Waals surface area contributed by atoms with Gasteiger partial charge in [-0.3, -0.25) is 9.69 Å². The van der Waals surface area contributed by atoms with Gasteiger partial charge in [0.1, 0.15) is 18.6 Å². The predicted molar refractivity (Wildman–Crippen MR) is 72.1 cm³/mol. The molecule has 1 heterocycles. The number of ether oxygens (including phenoxy) is 1. The van der Waals surface area contributed by atoms with Crippen molar-refractivity contribution in [2.75, 3.05) is 19.7 Å². The van der Waals surface area contributed by atoms with Gasteiger partial charge in [0.25, 0.3) is 0 Å². The van der Waals surface area contributed by atoms with Crippen LogP contribution in [0.15, 0.2) is 24.3 Å². The minimum Gasteiger partial charge on any atom is -0.492 e.